The van der Waals surface area contributed by atoms with Gasteiger partial charge in [0.05, 0.1) is 5.92 Å². The largest absolute Gasteiger partial charge is 0.481 e. The number of carboxylic acid groups (broad SMARTS) is 1. The molecule has 80 valence electrons. The quantitative estimate of drug-likeness (QED) is 0.589. The maximum absolute atomic E-state index is 11.4. The summed E-state index contributed by atoms with van der Waals surface area (Å²) in [6.07, 6.45) is 1.32. The van der Waals surface area contributed by atoms with E-state index in [-0.39, 0.29) is 11.8 Å². The Morgan fingerprint density at radius 2 is 2.14 bits per heavy atom. The van der Waals surface area contributed by atoms with Crippen molar-refractivity contribution in [1.82, 2.24) is 10.2 Å². The van der Waals surface area contributed by atoms with Crippen LogP contribution in [0, 0.1) is 5.92 Å². The van der Waals surface area contributed by atoms with Crippen molar-refractivity contribution < 1.29 is 14.7 Å². The van der Waals surface area contributed by atoms with Gasteiger partial charge in [0.2, 0.25) is 5.91 Å². The second-order valence-electron chi connectivity index (χ2n) is 3.54. The highest BCUT2D eigenvalue weighted by Crippen LogP contribution is 2.16. The van der Waals surface area contributed by atoms with Crippen molar-refractivity contribution in [3.8, 4) is 0 Å². The summed E-state index contributed by atoms with van der Waals surface area (Å²) in [5.41, 5.74) is 0. The number of nitrogens with one attached hydrogen (secondary N) is 1. The van der Waals surface area contributed by atoms with Crippen LogP contribution >= 0.6 is 0 Å². The van der Waals surface area contributed by atoms with E-state index in [2.05, 4.69) is 5.32 Å². The molecule has 1 saturated heterocycles. The van der Waals surface area contributed by atoms with Crippen LogP contribution in [0.25, 0.3) is 0 Å². The smallest absolute Gasteiger partial charge is 0.310 e. The normalized spacial score (nSPS) is 16.5. The molecule has 0 saturated carbocycles. The van der Waals surface area contributed by atoms with Gasteiger partial charge in [0.15, 0.2) is 0 Å². The Bertz CT molecular complexity index is 224. The van der Waals surface area contributed by atoms with Gasteiger partial charge in [0, 0.05) is 19.5 Å². The molecule has 2 N–H and O–H groups in total. The molecule has 0 aromatic rings. The molecule has 1 heterocycles. The van der Waals surface area contributed by atoms with Crippen LogP contribution in [0.2, 0.25) is 0 Å². The highest BCUT2D eigenvalue weighted by molar-refractivity contribution is 5.80. The number of likely N-dealkylation sites (tertiary alicyclic amines) is 1. The molecule has 0 aromatic heterocycles. The van der Waals surface area contributed by atoms with Crippen LogP contribution in [-0.4, -0.2) is 48.6 Å². The van der Waals surface area contributed by atoms with E-state index >= 15 is 0 Å². The Labute approximate surface area is 83.1 Å². The van der Waals surface area contributed by atoms with Crippen LogP contribution in [-0.2, 0) is 9.59 Å². The van der Waals surface area contributed by atoms with Gasteiger partial charge in [0.1, 0.15) is 0 Å². The third kappa shape index (κ3) is 2.70. The van der Waals surface area contributed by atoms with Gasteiger partial charge in [0.25, 0.3) is 0 Å². The number of hydrogen-bond donors (Lipinski definition) is 2. The summed E-state index contributed by atoms with van der Waals surface area (Å²) in [5.74, 6) is -1.08. The Morgan fingerprint density at radius 3 is 2.64 bits per heavy atom. The van der Waals surface area contributed by atoms with Crippen molar-refractivity contribution in [2.45, 2.75) is 12.8 Å². The van der Waals surface area contributed by atoms with Gasteiger partial charge in [-0.2, -0.15) is 0 Å². The Balaban J connectivity index is 2.13. The summed E-state index contributed by atoms with van der Waals surface area (Å²) in [7, 11) is 1.84. The molecule has 0 unspecified atom stereocenters. The molecule has 5 nitrogen and oxygen atoms in total. The number of hydrogen-bond acceptors (Lipinski definition) is 3. The van der Waals surface area contributed by atoms with Crippen LogP contribution in [0.1, 0.15) is 12.8 Å². The predicted molar refractivity (Wildman–Crippen MR) is 50.9 cm³/mol. The maximum Gasteiger partial charge on any atom is 0.310 e. The lowest BCUT2D eigenvalue weighted by atomic mass is 10.00. The van der Waals surface area contributed by atoms with Crippen molar-refractivity contribution >= 4 is 11.9 Å². The first-order valence-electron chi connectivity index (χ1n) is 4.80. The number of rotatable bonds is 5. The Hall–Kier alpha value is -1.10. The SMILES string of the molecule is CNCCCC(=O)N1CC(C(=O)O)C1. The molecule has 0 atom stereocenters. The zero-order chi connectivity index (χ0) is 10.6. The Morgan fingerprint density at radius 1 is 1.50 bits per heavy atom. The van der Waals surface area contributed by atoms with Crippen molar-refractivity contribution in [2.75, 3.05) is 26.7 Å². The summed E-state index contributed by atoms with van der Waals surface area (Å²) in [5, 5.41) is 11.6. The zero-order valence-corrected chi connectivity index (χ0v) is 8.32. The highest BCUT2D eigenvalue weighted by Gasteiger charge is 2.34. The van der Waals surface area contributed by atoms with Crippen LogP contribution in [0.3, 0.4) is 0 Å². The van der Waals surface area contributed by atoms with Gasteiger partial charge < -0.3 is 15.3 Å². The van der Waals surface area contributed by atoms with Gasteiger partial charge >= 0.3 is 5.97 Å². The van der Waals surface area contributed by atoms with E-state index in [0.29, 0.717) is 19.5 Å². The van der Waals surface area contributed by atoms with Gasteiger partial charge in [-0.1, -0.05) is 0 Å². The molecule has 1 aliphatic rings. The third-order valence-electron chi connectivity index (χ3n) is 2.40. The first-order chi connectivity index (χ1) is 6.65. The molecular formula is C9H16N2O3. The van der Waals surface area contributed by atoms with E-state index < -0.39 is 5.97 Å². The topological polar surface area (TPSA) is 69.6 Å². The fourth-order valence-corrected chi connectivity index (χ4v) is 1.41. The molecule has 0 radical (unpaired) electrons. The van der Waals surface area contributed by atoms with E-state index in [1.165, 1.54) is 0 Å². The van der Waals surface area contributed by atoms with E-state index in [0.717, 1.165) is 13.0 Å². The van der Waals surface area contributed by atoms with E-state index in [1.54, 1.807) is 4.90 Å². The van der Waals surface area contributed by atoms with Gasteiger partial charge in [-0.15, -0.1) is 0 Å². The molecule has 1 fully saturated rings. The van der Waals surface area contributed by atoms with Gasteiger partial charge in [-0.3, -0.25) is 9.59 Å². The summed E-state index contributed by atoms with van der Waals surface area (Å²) in [6, 6.07) is 0. The molecule has 0 aromatic carbocycles. The second kappa shape index (κ2) is 4.95. The van der Waals surface area contributed by atoms with Crippen LogP contribution in [0.4, 0.5) is 0 Å². The molecule has 5 heteroatoms. The molecular weight excluding hydrogens is 184 g/mol. The van der Waals surface area contributed by atoms with Crippen molar-refractivity contribution in [1.29, 1.82) is 0 Å². The minimum Gasteiger partial charge on any atom is -0.481 e. The van der Waals surface area contributed by atoms with Crippen molar-refractivity contribution in [2.24, 2.45) is 5.92 Å². The fraction of sp³-hybridized carbons (Fsp3) is 0.778. The van der Waals surface area contributed by atoms with Crippen molar-refractivity contribution in [3.05, 3.63) is 0 Å². The van der Waals surface area contributed by atoms with Crippen molar-refractivity contribution in [3.63, 3.8) is 0 Å². The lowest BCUT2D eigenvalue weighted by molar-refractivity contribution is -0.152. The van der Waals surface area contributed by atoms with Gasteiger partial charge in [-0.05, 0) is 20.0 Å². The average molecular weight is 200 g/mol. The lowest BCUT2D eigenvalue weighted by Gasteiger charge is -2.36. The van der Waals surface area contributed by atoms with E-state index in [9.17, 15) is 9.59 Å². The number of carboxylic acids is 1. The number of carbonyl (C=O) groups excluding carboxylic acids is 1. The standard InChI is InChI=1S/C9H16N2O3/c1-10-4-2-3-8(12)11-5-7(6-11)9(13)14/h7,10H,2-6H2,1H3,(H,13,14). The molecule has 0 aliphatic carbocycles. The van der Waals surface area contributed by atoms with E-state index in [1.807, 2.05) is 7.05 Å². The highest BCUT2D eigenvalue weighted by atomic mass is 16.4. The number of aliphatic carboxylic acids is 1. The number of amides is 1. The monoisotopic (exact) mass is 200 g/mol. The summed E-state index contributed by atoms with van der Waals surface area (Å²) in [4.78, 5) is 23.4. The molecule has 0 bridgehead atoms. The predicted octanol–water partition coefficient (Wildman–Crippen LogP) is -0.471. The van der Waals surface area contributed by atoms with Crippen LogP contribution in [0.5, 0.6) is 0 Å². The first-order valence-corrected chi connectivity index (χ1v) is 4.80. The number of carbonyl (C=O) groups is 2. The number of nitrogens with zero attached hydrogens (tertiary/aromatic N) is 1. The van der Waals surface area contributed by atoms with E-state index in [4.69, 9.17) is 5.11 Å². The summed E-state index contributed by atoms with van der Waals surface area (Å²) in [6.45, 7) is 1.59. The molecule has 0 spiro atoms. The first kappa shape index (κ1) is 11.0. The molecule has 14 heavy (non-hydrogen) atoms. The molecule has 1 amide bonds. The van der Waals surface area contributed by atoms with Crippen LogP contribution in [0.15, 0.2) is 0 Å². The minimum absolute atomic E-state index is 0.0674. The average Bonchev–Trinajstić information content (AvgIpc) is 2.01. The molecule has 1 rings (SSSR count). The van der Waals surface area contributed by atoms with Crippen LogP contribution < -0.4 is 5.32 Å². The lowest BCUT2D eigenvalue weighted by Crippen LogP contribution is -2.53. The third-order valence-corrected chi connectivity index (χ3v) is 2.40. The minimum atomic E-state index is -0.802. The Kier molecular flexibility index (Phi) is 3.88. The van der Waals surface area contributed by atoms with Gasteiger partial charge in [-0.25, -0.2) is 0 Å². The zero-order valence-electron chi connectivity index (χ0n) is 8.32. The molecule has 1 aliphatic heterocycles. The maximum atomic E-state index is 11.4. The summed E-state index contributed by atoms with van der Waals surface area (Å²) < 4.78 is 0. The fourth-order valence-electron chi connectivity index (χ4n) is 1.41. The summed E-state index contributed by atoms with van der Waals surface area (Å²) >= 11 is 0. The second-order valence-corrected chi connectivity index (χ2v) is 3.54.